The second-order valence-electron chi connectivity index (χ2n) is 6.72. The molecule has 1 aromatic carbocycles. The number of hydrogen-bond donors (Lipinski definition) is 0. The second-order valence-corrected chi connectivity index (χ2v) is 11.0. The summed E-state index contributed by atoms with van der Waals surface area (Å²) >= 11 is 8.52. The fraction of sp³-hybridized carbons (Fsp3) is 0.600. The molecule has 28 heavy (non-hydrogen) atoms. The third-order valence-electron chi connectivity index (χ3n) is 4.22. The number of unbranched alkanes of at least 4 members (excludes halogenated alkanes) is 2. The van der Waals surface area contributed by atoms with E-state index >= 15 is 0 Å². The van der Waals surface area contributed by atoms with Crippen LogP contribution >= 0.6 is 90.4 Å². The molecule has 4 nitrogen and oxygen atoms in total. The number of esters is 2. The summed E-state index contributed by atoms with van der Waals surface area (Å²) in [5, 5.41) is 0. The average molecular weight is 838 g/mol. The predicted octanol–water partition coefficient (Wildman–Crippen LogP) is 7.58. The highest BCUT2D eigenvalue weighted by molar-refractivity contribution is 14.1. The molecule has 0 N–H and O–H groups in total. The largest absolute Gasteiger partial charge is 0.459 e. The van der Waals surface area contributed by atoms with Gasteiger partial charge in [-0.25, -0.2) is 9.59 Å². The van der Waals surface area contributed by atoms with E-state index < -0.39 is 0 Å². The zero-order valence-corrected chi connectivity index (χ0v) is 25.2. The highest BCUT2D eigenvalue weighted by atomic mass is 127. The zero-order valence-electron chi connectivity index (χ0n) is 16.5. The van der Waals surface area contributed by atoms with Crippen molar-refractivity contribution in [1.82, 2.24) is 0 Å². The Bertz CT molecular complexity index is 618. The van der Waals surface area contributed by atoms with Crippen LogP contribution in [0.4, 0.5) is 0 Å². The molecule has 0 aromatic heterocycles. The average Bonchev–Trinajstić information content (AvgIpc) is 2.63. The molecule has 8 heteroatoms. The summed E-state index contributed by atoms with van der Waals surface area (Å²) in [5.41, 5.74) is 1.07. The van der Waals surface area contributed by atoms with Gasteiger partial charge in [-0.05, 0) is 117 Å². The molecule has 0 aliphatic heterocycles. The van der Waals surface area contributed by atoms with Gasteiger partial charge >= 0.3 is 11.9 Å². The molecule has 0 spiro atoms. The van der Waals surface area contributed by atoms with E-state index in [0.29, 0.717) is 11.1 Å². The normalized spacial score (nSPS) is 13.1. The van der Waals surface area contributed by atoms with Crippen LogP contribution in [0.3, 0.4) is 0 Å². The van der Waals surface area contributed by atoms with Crippen molar-refractivity contribution >= 4 is 102 Å². The summed E-state index contributed by atoms with van der Waals surface area (Å²) in [5.74, 6) is -0.658. The number of halogens is 4. The van der Waals surface area contributed by atoms with E-state index in [1.165, 1.54) is 0 Å². The second kappa shape index (κ2) is 13.5. The molecular weight excluding hydrogens is 812 g/mol. The number of rotatable bonds is 10. The number of carbonyl (C=O) groups excluding carboxylic acids is 2. The number of carbonyl (C=O) groups is 2. The van der Waals surface area contributed by atoms with Gasteiger partial charge in [-0.15, -0.1) is 0 Å². The van der Waals surface area contributed by atoms with Gasteiger partial charge in [0.25, 0.3) is 0 Å². The Morgan fingerprint density at radius 1 is 0.714 bits per heavy atom. The fourth-order valence-electron chi connectivity index (χ4n) is 2.57. The van der Waals surface area contributed by atoms with Crippen molar-refractivity contribution in [3.05, 3.63) is 25.4 Å². The number of hydrogen-bond acceptors (Lipinski definition) is 4. The molecule has 158 valence electrons. The Morgan fingerprint density at radius 3 is 1.25 bits per heavy atom. The van der Waals surface area contributed by atoms with Gasteiger partial charge in [-0.1, -0.05) is 39.5 Å². The van der Waals surface area contributed by atoms with Crippen LogP contribution < -0.4 is 0 Å². The zero-order chi connectivity index (χ0) is 21.4. The Kier molecular flexibility index (Phi) is 13.1. The SMILES string of the molecule is CCCCC(C)OC(=O)c1c(I)c(I)c(C(=O)OC(C)CCCC)c(I)c1I. The van der Waals surface area contributed by atoms with Crippen molar-refractivity contribution in [1.29, 1.82) is 0 Å². The lowest BCUT2D eigenvalue weighted by Crippen LogP contribution is -2.22. The standard InChI is InChI=1S/C20H26I4O4/c1-5-7-9-11(3)27-19(25)13-15(21)17(23)14(18(24)16(13)22)20(26)28-12(4)10-8-6-2/h11-12H,5-10H2,1-4H3. The highest BCUT2D eigenvalue weighted by Gasteiger charge is 2.29. The van der Waals surface area contributed by atoms with E-state index in [4.69, 9.17) is 9.47 Å². The maximum atomic E-state index is 12.8. The van der Waals surface area contributed by atoms with Crippen LogP contribution in [0, 0.1) is 14.3 Å². The summed E-state index contributed by atoms with van der Waals surface area (Å²) in [7, 11) is 0. The van der Waals surface area contributed by atoms with E-state index in [1.54, 1.807) is 0 Å². The van der Waals surface area contributed by atoms with E-state index in [-0.39, 0.29) is 24.1 Å². The summed E-state index contributed by atoms with van der Waals surface area (Å²) in [4.78, 5) is 25.6. The lowest BCUT2D eigenvalue weighted by Gasteiger charge is -2.19. The monoisotopic (exact) mass is 838 g/mol. The molecule has 1 aromatic rings. The molecule has 2 atom stereocenters. The van der Waals surface area contributed by atoms with Gasteiger partial charge in [0.2, 0.25) is 0 Å². The van der Waals surface area contributed by atoms with Crippen molar-refractivity contribution in [3.8, 4) is 0 Å². The van der Waals surface area contributed by atoms with E-state index in [2.05, 4.69) is 104 Å². The number of benzene rings is 1. The molecule has 0 heterocycles. The van der Waals surface area contributed by atoms with E-state index in [1.807, 2.05) is 13.8 Å². The van der Waals surface area contributed by atoms with Gasteiger partial charge in [-0.2, -0.15) is 0 Å². The number of ether oxygens (including phenoxy) is 2. The topological polar surface area (TPSA) is 52.6 Å². The highest BCUT2D eigenvalue weighted by Crippen LogP contribution is 2.34. The summed E-state index contributed by atoms with van der Waals surface area (Å²) in [6, 6.07) is 0. The first-order valence-corrected chi connectivity index (χ1v) is 13.7. The van der Waals surface area contributed by atoms with Crippen LogP contribution in [-0.4, -0.2) is 24.1 Å². The van der Waals surface area contributed by atoms with Crippen molar-refractivity contribution in [2.24, 2.45) is 0 Å². The molecule has 0 fully saturated rings. The Labute approximate surface area is 222 Å². The first-order valence-electron chi connectivity index (χ1n) is 9.43. The molecule has 0 bridgehead atoms. The molecule has 0 saturated heterocycles. The Morgan fingerprint density at radius 2 is 1.00 bits per heavy atom. The molecular formula is C20H26I4O4. The first-order chi connectivity index (χ1) is 13.1. The molecule has 0 radical (unpaired) electrons. The van der Waals surface area contributed by atoms with Gasteiger partial charge in [-0.3, -0.25) is 0 Å². The first kappa shape index (κ1) is 27.1. The van der Waals surface area contributed by atoms with Crippen LogP contribution in [0.25, 0.3) is 0 Å². The molecule has 0 amide bonds. The van der Waals surface area contributed by atoms with Gasteiger partial charge in [0.05, 0.1) is 23.3 Å². The Balaban J connectivity index is 3.13. The summed E-state index contributed by atoms with van der Waals surface area (Å²) in [6.45, 7) is 8.08. The lowest BCUT2D eigenvalue weighted by molar-refractivity contribution is 0.0300. The van der Waals surface area contributed by atoms with Crippen molar-refractivity contribution < 1.29 is 19.1 Å². The fourth-order valence-corrected chi connectivity index (χ4v) is 6.64. The van der Waals surface area contributed by atoms with Crippen LogP contribution in [0.2, 0.25) is 0 Å². The maximum Gasteiger partial charge on any atom is 0.340 e. The van der Waals surface area contributed by atoms with Gasteiger partial charge in [0, 0.05) is 14.3 Å². The van der Waals surface area contributed by atoms with Crippen LogP contribution in [0.15, 0.2) is 0 Å². The molecule has 0 saturated carbocycles. The van der Waals surface area contributed by atoms with Crippen LogP contribution in [0.1, 0.15) is 86.9 Å². The van der Waals surface area contributed by atoms with Gasteiger partial charge in [0.15, 0.2) is 0 Å². The molecule has 0 aliphatic carbocycles. The minimum atomic E-state index is -0.329. The molecule has 0 aliphatic rings. The minimum absolute atomic E-state index is 0.126. The third kappa shape index (κ3) is 7.65. The lowest BCUT2D eigenvalue weighted by atomic mass is 10.1. The third-order valence-corrected chi connectivity index (χ3v) is 10.6. The van der Waals surface area contributed by atoms with Gasteiger partial charge < -0.3 is 9.47 Å². The quantitative estimate of drug-likeness (QED) is 0.139. The molecule has 2 unspecified atom stereocenters. The van der Waals surface area contributed by atoms with Crippen LogP contribution in [-0.2, 0) is 9.47 Å². The summed E-state index contributed by atoms with van der Waals surface area (Å²) < 4.78 is 14.3. The smallest absolute Gasteiger partial charge is 0.340 e. The van der Waals surface area contributed by atoms with Crippen molar-refractivity contribution in [2.45, 2.75) is 78.4 Å². The summed E-state index contributed by atoms with van der Waals surface area (Å²) in [6.07, 6.45) is 5.64. The van der Waals surface area contributed by atoms with Crippen LogP contribution in [0.5, 0.6) is 0 Å². The van der Waals surface area contributed by atoms with E-state index in [9.17, 15) is 9.59 Å². The minimum Gasteiger partial charge on any atom is -0.459 e. The predicted molar refractivity (Wildman–Crippen MR) is 146 cm³/mol. The van der Waals surface area contributed by atoms with Crippen molar-refractivity contribution in [2.75, 3.05) is 0 Å². The van der Waals surface area contributed by atoms with Crippen molar-refractivity contribution in [3.63, 3.8) is 0 Å². The maximum absolute atomic E-state index is 12.8. The molecule has 1 rings (SSSR count). The van der Waals surface area contributed by atoms with Gasteiger partial charge in [0.1, 0.15) is 0 Å². The van der Waals surface area contributed by atoms with E-state index in [0.717, 1.165) is 52.8 Å². The Hall–Kier alpha value is 1.08.